The first-order valence-electron chi connectivity index (χ1n) is 5.42. The van der Waals surface area contributed by atoms with E-state index in [1.807, 2.05) is 0 Å². The van der Waals surface area contributed by atoms with Crippen LogP contribution in [0.4, 0.5) is 5.95 Å². The fourth-order valence-corrected chi connectivity index (χ4v) is 1.93. The van der Waals surface area contributed by atoms with Gasteiger partial charge >= 0.3 is 18.0 Å². The van der Waals surface area contributed by atoms with Gasteiger partial charge in [-0.05, 0) is 0 Å². The Kier molecular flexibility index (Phi) is 4.89. The van der Waals surface area contributed by atoms with Gasteiger partial charge in [0.1, 0.15) is 0 Å². The summed E-state index contributed by atoms with van der Waals surface area (Å²) in [5.74, 6) is 1.43. The summed E-state index contributed by atoms with van der Waals surface area (Å²) in [6.07, 6.45) is 1.20. The zero-order valence-electron chi connectivity index (χ0n) is 10.2. The molecule has 0 spiro atoms. The Balaban J connectivity index is 0.00000144. The summed E-state index contributed by atoms with van der Waals surface area (Å²) in [5, 5.41) is 0. The van der Waals surface area contributed by atoms with Crippen molar-refractivity contribution in [1.29, 1.82) is 0 Å². The number of nitrogens with one attached hydrogen (secondary N) is 1. The molecule has 0 radical (unpaired) electrons. The van der Waals surface area contributed by atoms with Crippen LogP contribution in [0, 0.1) is 5.92 Å². The lowest BCUT2D eigenvalue weighted by molar-refractivity contribution is -0.825. The van der Waals surface area contributed by atoms with E-state index in [2.05, 4.69) is 21.9 Å². The molecule has 7 heteroatoms. The second-order valence-corrected chi connectivity index (χ2v) is 4.08. The van der Waals surface area contributed by atoms with Crippen molar-refractivity contribution in [3.05, 3.63) is 0 Å². The number of hydrogen-bond acceptors (Lipinski definition) is 5. The number of aromatic nitrogens is 3. The molecule has 1 fully saturated rings. The first kappa shape index (κ1) is 13.9. The highest BCUT2D eigenvalue weighted by Crippen LogP contribution is 2.11. The van der Waals surface area contributed by atoms with Gasteiger partial charge in [0.05, 0.1) is 27.3 Å². The third kappa shape index (κ3) is 3.17. The van der Waals surface area contributed by atoms with Crippen LogP contribution in [0.3, 0.4) is 0 Å². The van der Waals surface area contributed by atoms with Gasteiger partial charge in [-0.3, -0.25) is 4.90 Å². The Morgan fingerprint density at radius 2 is 1.71 bits per heavy atom. The fraction of sp³-hybridized carbons (Fsp3) is 0.700. The van der Waals surface area contributed by atoms with Gasteiger partial charge in [0.2, 0.25) is 0 Å². The Labute approximate surface area is 107 Å². The normalized spacial score (nSPS) is 23.0. The van der Waals surface area contributed by atoms with Crippen molar-refractivity contribution in [2.24, 2.45) is 5.92 Å². The summed E-state index contributed by atoms with van der Waals surface area (Å²) in [6, 6.07) is 0.628. The van der Waals surface area contributed by atoms with Crippen molar-refractivity contribution in [2.75, 3.05) is 27.3 Å². The van der Waals surface area contributed by atoms with E-state index in [1.54, 1.807) is 14.2 Å². The minimum Gasteiger partial charge on any atom is -1.00 e. The molecular formula is C10H17ClN4O2. The monoisotopic (exact) mass is 260 g/mol. The van der Waals surface area contributed by atoms with E-state index in [0.29, 0.717) is 23.9 Å². The molecule has 0 saturated carbocycles. The second kappa shape index (κ2) is 5.97. The summed E-state index contributed by atoms with van der Waals surface area (Å²) in [5.41, 5.74) is 0. The van der Waals surface area contributed by atoms with E-state index in [0.717, 1.165) is 13.1 Å². The highest BCUT2D eigenvalue weighted by atomic mass is 35.5. The molecule has 2 rings (SSSR count). The van der Waals surface area contributed by atoms with Gasteiger partial charge in [-0.25, -0.2) is 0 Å². The first-order valence-corrected chi connectivity index (χ1v) is 5.42. The highest BCUT2D eigenvalue weighted by Gasteiger charge is 2.28. The molecule has 1 aliphatic rings. The molecule has 6 nitrogen and oxygen atoms in total. The largest absolute Gasteiger partial charge is 1.00 e. The molecule has 0 aliphatic carbocycles. The molecule has 2 unspecified atom stereocenters. The van der Waals surface area contributed by atoms with E-state index in [1.165, 1.54) is 11.3 Å². The molecule has 1 saturated heterocycles. The standard InChI is InChI=1S/C10H16N4O2.ClH/c1-7-4-5-14(6-7)8-11-9(15-2)13-10(12-8)16-3;/h7H,4-6H2,1-3H3;1H. The van der Waals surface area contributed by atoms with E-state index in [9.17, 15) is 0 Å². The maximum atomic E-state index is 5.03. The van der Waals surface area contributed by atoms with Gasteiger partial charge in [0, 0.05) is 12.3 Å². The first-order chi connectivity index (χ1) is 7.72. The number of rotatable bonds is 3. The van der Waals surface area contributed by atoms with Gasteiger partial charge < -0.3 is 21.9 Å². The third-order valence-electron chi connectivity index (χ3n) is 2.81. The lowest BCUT2D eigenvalue weighted by Crippen LogP contribution is -3.05. The van der Waals surface area contributed by atoms with Crippen molar-refractivity contribution < 1.29 is 26.8 Å². The lowest BCUT2D eigenvalue weighted by Gasteiger charge is -2.10. The van der Waals surface area contributed by atoms with Gasteiger partial charge in [0.15, 0.2) is 0 Å². The van der Waals surface area contributed by atoms with Crippen molar-refractivity contribution >= 4 is 5.95 Å². The molecule has 17 heavy (non-hydrogen) atoms. The van der Waals surface area contributed by atoms with Crippen LogP contribution in [-0.2, 0) is 0 Å². The fourth-order valence-electron chi connectivity index (χ4n) is 1.93. The van der Waals surface area contributed by atoms with Gasteiger partial charge in [-0.1, -0.05) is 6.92 Å². The minimum atomic E-state index is 0. The van der Waals surface area contributed by atoms with Crippen molar-refractivity contribution in [3.63, 3.8) is 0 Å². The van der Waals surface area contributed by atoms with Gasteiger partial charge in [0.25, 0.3) is 0 Å². The van der Waals surface area contributed by atoms with Crippen LogP contribution in [0.5, 0.6) is 12.0 Å². The summed E-state index contributed by atoms with van der Waals surface area (Å²) in [7, 11) is 3.08. The van der Waals surface area contributed by atoms with Crippen LogP contribution in [0.25, 0.3) is 0 Å². The SMILES string of the molecule is COc1nc(OC)nc([NH+]2CCC(C)C2)n1.[Cl-]. The Hall–Kier alpha value is -1.14. The molecule has 1 aromatic heterocycles. The Morgan fingerprint density at radius 1 is 1.12 bits per heavy atom. The van der Waals surface area contributed by atoms with Gasteiger partial charge in [-0.2, -0.15) is 0 Å². The van der Waals surface area contributed by atoms with Gasteiger partial charge in [-0.15, -0.1) is 15.0 Å². The molecular weight excluding hydrogens is 244 g/mol. The molecule has 1 aliphatic heterocycles. The van der Waals surface area contributed by atoms with Crippen molar-refractivity contribution in [2.45, 2.75) is 13.3 Å². The maximum absolute atomic E-state index is 5.03. The third-order valence-corrected chi connectivity index (χ3v) is 2.81. The van der Waals surface area contributed by atoms with E-state index < -0.39 is 0 Å². The van der Waals surface area contributed by atoms with Crippen molar-refractivity contribution in [3.8, 4) is 12.0 Å². The molecule has 1 aromatic rings. The predicted octanol–water partition coefficient (Wildman–Crippen LogP) is -3.55. The summed E-state index contributed by atoms with van der Waals surface area (Å²) in [6.45, 7) is 4.34. The topological polar surface area (TPSA) is 61.6 Å². The molecule has 2 atom stereocenters. The number of quaternary nitrogens is 1. The quantitative estimate of drug-likeness (QED) is 0.610. The highest BCUT2D eigenvalue weighted by molar-refractivity contribution is 5.13. The zero-order chi connectivity index (χ0) is 11.5. The zero-order valence-corrected chi connectivity index (χ0v) is 11.0. The molecule has 0 aromatic carbocycles. The van der Waals surface area contributed by atoms with E-state index >= 15 is 0 Å². The molecule has 0 amide bonds. The summed E-state index contributed by atoms with van der Waals surface area (Å²) >= 11 is 0. The number of nitrogens with zero attached hydrogens (tertiary/aromatic N) is 3. The smallest absolute Gasteiger partial charge is 0.336 e. The lowest BCUT2D eigenvalue weighted by atomic mass is 10.2. The van der Waals surface area contributed by atoms with Crippen LogP contribution in [0.15, 0.2) is 0 Å². The van der Waals surface area contributed by atoms with E-state index in [4.69, 9.17) is 9.47 Å². The van der Waals surface area contributed by atoms with Crippen LogP contribution in [0.1, 0.15) is 13.3 Å². The van der Waals surface area contributed by atoms with Crippen molar-refractivity contribution in [1.82, 2.24) is 15.0 Å². The number of methoxy groups -OCH3 is 2. The minimum absolute atomic E-state index is 0. The van der Waals surface area contributed by atoms with Crippen LogP contribution in [0.2, 0.25) is 0 Å². The number of halogens is 1. The average Bonchev–Trinajstić information content (AvgIpc) is 2.75. The summed E-state index contributed by atoms with van der Waals surface area (Å²) in [4.78, 5) is 13.8. The Bertz CT molecular complexity index is 355. The predicted molar refractivity (Wildman–Crippen MR) is 57.1 cm³/mol. The van der Waals surface area contributed by atoms with Crippen LogP contribution < -0.4 is 26.8 Å². The maximum Gasteiger partial charge on any atom is 0.336 e. The average molecular weight is 261 g/mol. The molecule has 0 bridgehead atoms. The van der Waals surface area contributed by atoms with Crippen LogP contribution >= 0.6 is 0 Å². The molecule has 1 N–H and O–H groups in total. The molecule has 96 valence electrons. The number of hydrogen-bond donors (Lipinski definition) is 1. The summed E-state index contributed by atoms with van der Waals surface area (Å²) < 4.78 is 10.1. The second-order valence-electron chi connectivity index (χ2n) is 4.08. The Morgan fingerprint density at radius 3 is 2.12 bits per heavy atom. The van der Waals surface area contributed by atoms with E-state index in [-0.39, 0.29) is 12.4 Å². The molecule has 2 heterocycles. The van der Waals surface area contributed by atoms with Crippen LogP contribution in [-0.4, -0.2) is 42.3 Å². The number of ether oxygens (including phenoxy) is 2.